The number of non-ortho nitro benzene ring substituents is 1. The van der Waals surface area contributed by atoms with Gasteiger partial charge in [0.15, 0.2) is 0 Å². The zero-order valence-electron chi connectivity index (χ0n) is 21.7. The van der Waals surface area contributed by atoms with Gasteiger partial charge in [-0.25, -0.2) is 8.42 Å². The second-order valence-corrected chi connectivity index (χ2v) is 11.8. The van der Waals surface area contributed by atoms with E-state index in [-0.39, 0.29) is 23.8 Å². The lowest BCUT2D eigenvalue weighted by Crippen LogP contribution is -2.54. The Labute approximate surface area is 212 Å². The maximum absolute atomic E-state index is 13.6. The number of nitrogens with zero attached hydrogens (tertiary/aromatic N) is 3. The summed E-state index contributed by atoms with van der Waals surface area (Å²) in [7, 11) is -4.00. The van der Waals surface area contributed by atoms with Crippen molar-refractivity contribution in [1.82, 2.24) is 10.2 Å². The minimum atomic E-state index is -4.00. The van der Waals surface area contributed by atoms with Crippen molar-refractivity contribution in [3.05, 3.63) is 69.3 Å². The normalized spacial score (nSPS) is 12.5. The lowest BCUT2D eigenvalue weighted by molar-refractivity contribution is -0.384. The van der Waals surface area contributed by atoms with Gasteiger partial charge >= 0.3 is 0 Å². The molecule has 2 amide bonds. The summed E-state index contributed by atoms with van der Waals surface area (Å²) in [6.07, 6.45) is 0.930. The van der Waals surface area contributed by atoms with Crippen LogP contribution >= 0.6 is 0 Å². The Morgan fingerprint density at radius 2 is 1.75 bits per heavy atom. The van der Waals surface area contributed by atoms with Gasteiger partial charge in [0.1, 0.15) is 12.6 Å². The lowest BCUT2D eigenvalue weighted by Gasteiger charge is -2.33. The van der Waals surface area contributed by atoms with E-state index in [2.05, 4.69) is 5.32 Å². The van der Waals surface area contributed by atoms with Crippen LogP contribution in [0.4, 0.5) is 11.4 Å². The number of carbonyl (C=O) groups excluding carboxylic acids is 2. The van der Waals surface area contributed by atoms with Crippen LogP contribution < -0.4 is 9.62 Å². The predicted molar refractivity (Wildman–Crippen MR) is 139 cm³/mol. The zero-order valence-corrected chi connectivity index (χ0v) is 22.5. The third-order valence-corrected chi connectivity index (χ3v) is 6.58. The van der Waals surface area contributed by atoms with E-state index in [1.54, 1.807) is 13.8 Å². The molecular formula is C25H34N4O6S. The molecule has 2 aromatic carbocycles. The van der Waals surface area contributed by atoms with Gasteiger partial charge in [0, 0.05) is 24.2 Å². The van der Waals surface area contributed by atoms with E-state index in [1.165, 1.54) is 17.0 Å². The molecule has 2 rings (SSSR count). The molecule has 0 radical (unpaired) electrons. The summed E-state index contributed by atoms with van der Waals surface area (Å²) in [6, 6.07) is 10.4. The number of amides is 2. The van der Waals surface area contributed by atoms with Crippen molar-refractivity contribution in [2.45, 2.75) is 59.7 Å². The molecule has 2 aromatic rings. The fraction of sp³-hybridized carbons (Fsp3) is 0.440. The molecule has 0 saturated heterocycles. The summed E-state index contributed by atoms with van der Waals surface area (Å²) < 4.78 is 26.3. The van der Waals surface area contributed by atoms with E-state index in [1.807, 2.05) is 52.0 Å². The standard InChI is InChI=1S/C25H34N4O6S/c1-17-9-8-10-20(13-17)15-27(19(3)24(31)26-25(4,5)6)23(30)16-28(36(7,34)35)22-14-21(29(32)33)12-11-18(22)2/h8-14,19H,15-16H2,1-7H3,(H,26,31)/t19-/m0/s1. The van der Waals surface area contributed by atoms with Gasteiger partial charge in [-0.1, -0.05) is 35.9 Å². The van der Waals surface area contributed by atoms with E-state index in [0.717, 1.165) is 27.8 Å². The lowest BCUT2D eigenvalue weighted by atomic mass is 10.1. The van der Waals surface area contributed by atoms with Gasteiger partial charge in [0.2, 0.25) is 21.8 Å². The van der Waals surface area contributed by atoms with Crippen LogP contribution in [0.5, 0.6) is 0 Å². The minimum absolute atomic E-state index is 0.0300. The van der Waals surface area contributed by atoms with E-state index < -0.39 is 39.0 Å². The molecular weight excluding hydrogens is 484 g/mol. The highest BCUT2D eigenvalue weighted by molar-refractivity contribution is 7.92. The Kier molecular flexibility index (Phi) is 8.84. The molecule has 0 bridgehead atoms. The molecule has 1 atom stereocenters. The van der Waals surface area contributed by atoms with Crippen molar-refractivity contribution in [2.24, 2.45) is 0 Å². The SMILES string of the molecule is Cc1cccc(CN(C(=O)CN(c2cc([N+](=O)[O-])ccc2C)S(C)(=O)=O)[C@@H](C)C(=O)NC(C)(C)C)c1. The van der Waals surface area contributed by atoms with Crippen LogP contribution in [0.15, 0.2) is 42.5 Å². The number of sulfonamides is 1. The summed E-state index contributed by atoms with van der Waals surface area (Å²) in [4.78, 5) is 38.6. The first-order chi connectivity index (χ1) is 16.5. The van der Waals surface area contributed by atoms with Crippen LogP contribution in [0, 0.1) is 24.0 Å². The molecule has 36 heavy (non-hydrogen) atoms. The molecule has 10 nitrogen and oxygen atoms in total. The molecule has 0 aliphatic heterocycles. The van der Waals surface area contributed by atoms with Crippen LogP contribution in [0.2, 0.25) is 0 Å². The number of aryl methyl sites for hydroxylation is 2. The molecule has 0 aromatic heterocycles. The highest BCUT2D eigenvalue weighted by Gasteiger charge is 2.32. The van der Waals surface area contributed by atoms with Gasteiger partial charge in [-0.15, -0.1) is 0 Å². The van der Waals surface area contributed by atoms with Crippen molar-refractivity contribution in [1.29, 1.82) is 0 Å². The first-order valence-electron chi connectivity index (χ1n) is 11.4. The summed E-state index contributed by atoms with van der Waals surface area (Å²) in [6.45, 7) is 10.00. The topological polar surface area (TPSA) is 130 Å². The average Bonchev–Trinajstić information content (AvgIpc) is 2.73. The molecule has 0 saturated carbocycles. The molecule has 0 unspecified atom stereocenters. The van der Waals surface area contributed by atoms with Crippen molar-refractivity contribution in [2.75, 3.05) is 17.1 Å². The van der Waals surface area contributed by atoms with Crippen molar-refractivity contribution in [3.63, 3.8) is 0 Å². The van der Waals surface area contributed by atoms with Gasteiger partial charge < -0.3 is 10.2 Å². The Hall–Kier alpha value is -3.47. The molecule has 0 spiro atoms. The number of carbonyl (C=O) groups is 2. The molecule has 0 aliphatic carbocycles. The fourth-order valence-corrected chi connectivity index (χ4v) is 4.54. The van der Waals surface area contributed by atoms with Crippen LogP contribution in [0.25, 0.3) is 0 Å². The second kappa shape index (κ2) is 11.1. The number of nitrogens with one attached hydrogen (secondary N) is 1. The molecule has 0 fully saturated rings. The van der Waals surface area contributed by atoms with Gasteiger partial charge in [0.25, 0.3) is 5.69 Å². The molecule has 1 N–H and O–H groups in total. The van der Waals surface area contributed by atoms with Crippen LogP contribution in [0.3, 0.4) is 0 Å². The van der Waals surface area contributed by atoms with Crippen molar-refractivity contribution < 1.29 is 22.9 Å². The average molecular weight is 519 g/mol. The summed E-state index contributed by atoms with van der Waals surface area (Å²) in [5, 5.41) is 14.2. The fourth-order valence-electron chi connectivity index (χ4n) is 3.64. The first kappa shape index (κ1) is 28.8. The number of anilines is 1. The van der Waals surface area contributed by atoms with E-state index >= 15 is 0 Å². The number of nitro groups is 1. The minimum Gasteiger partial charge on any atom is -0.350 e. The van der Waals surface area contributed by atoms with Gasteiger partial charge in [-0.2, -0.15) is 0 Å². The van der Waals surface area contributed by atoms with E-state index in [0.29, 0.717) is 5.56 Å². The molecule has 11 heteroatoms. The number of hydrogen-bond donors (Lipinski definition) is 1. The Balaban J connectivity index is 2.50. The Bertz CT molecular complexity index is 1250. The van der Waals surface area contributed by atoms with Crippen LogP contribution in [0.1, 0.15) is 44.4 Å². The Morgan fingerprint density at radius 3 is 2.28 bits per heavy atom. The predicted octanol–water partition coefficient (Wildman–Crippen LogP) is 3.31. The van der Waals surface area contributed by atoms with Crippen molar-refractivity contribution >= 4 is 33.2 Å². The highest BCUT2D eigenvalue weighted by atomic mass is 32.2. The van der Waals surface area contributed by atoms with E-state index in [9.17, 15) is 28.1 Å². The smallest absolute Gasteiger partial charge is 0.271 e. The van der Waals surface area contributed by atoms with E-state index in [4.69, 9.17) is 0 Å². The zero-order chi connectivity index (χ0) is 27.4. The van der Waals surface area contributed by atoms with Crippen molar-refractivity contribution in [3.8, 4) is 0 Å². The maximum atomic E-state index is 13.6. The third-order valence-electron chi connectivity index (χ3n) is 5.45. The summed E-state index contributed by atoms with van der Waals surface area (Å²) in [5.41, 5.74) is 1.38. The Morgan fingerprint density at radius 1 is 1.11 bits per heavy atom. The van der Waals surface area contributed by atoms with Gasteiger partial charge in [-0.3, -0.25) is 24.0 Å². The number of benzene rings is 2. The molecule has 0 aliphatic rings. The number of rotatable bonds is 9. The second-order valence-electron chi connectivity index (χ2n) is 9.92. The molecule has 0 heterocycles. The summed E-state index contributed by atoms with van der Waals surface area (Å²) >= 11 is 0. The summed E-state index contributed by atoms with van der Waals surface area (Å²) in [5.74, 6) is -1.01. The first-order valence-corrected chi connectivity index (χ1v) is 13.2. The quantitative estimate of drug-likeness (QED) is 0.400. The maximum Gasteiger partial charge on any atom is 0.271 e. The largest absolute Gasteiger partial charge is 0.350 e. The molecule has 196 valence electrons. The monoisotopic (exact) mass is 518 g/mol. The number of hydrogen-bond acceptors (Lipinski definition) is 6. The number of nitro benzene ring substituents is 1. The third kappa shape index (κ3) is 7.77. The highest BCUT2D eigenvalue weighted by Crippen LogP contribution is 2.28. The van der Waals surface area contributed by atoms with Gasteiger partial charge in [-0.05, 0) is 52.7 Å². The van der Waals surface area contributed by atoms with Gasteiger partial charge in [0.05, 0.1) is 16.9 Å². The van der Waals surface area contributed by atoms with Crippen LogP contribution in [-0.4, -0.2) is 54.4 Å². The van der Waals surface area contributed by atoms with Crippen LogP contribution in [-0.2, 0) is 26.2 Å².